The molecule has 1 fully saturated rings. The van der Waals surface area contributed by atoms with E-state index in [0.717, 1.165) is 12.6 Å². The quantitative estimate of drug-likeness (QED) is 0.778. The van der Waals surface area contributed by atoms with E-state index in [1.165, 1.54) is 32.1 Å². The van der Waals surface area contributed by atoms with Crippen LogP contribution in [0.5, 0.6) is 0 Å². The van der Waals surface area contributed by atoms with Gasteiger partial charge in [0.2, 0.25) is 0 Å². The summed E-state index contributed by atoms with van der Waals surface area (Å²) in [5.74, 6) is 0. The van der Waals surface area contributed by atoms with E-state index in [-0.39, 0.29) is 0 Å². The first-order valence-corrected chi connectivity index (χ1v) is 7.81. The summed E-state index contributed by atoms with van der Waals surface area (Å²) >= 11 is 0. The number of rotatable bonds is 6. The lowest BCUT2D eigenvalue weighted by Gasteiger charge is -2.41. The van der Waals surface area contributed by atoms with Crippen LogP contribution in [0.2, 0.25) is 0 Å². The molecular formula is C16H34N2. The zero-order valence-corrected chi connectivity index (χ0v) is 13.4. The molecule has 2 heteroatoms. The van der Waals surface area contributed by atoms with Crippen molar-refractivity contribution in [1.82, 2.24) is 10.2 Å². The number of hydrogen-bond acceptors (Lipinski definition) is 2. The van der Waals surface area contributed by atoms with Gasteiger partial charge in [-0.1, -0.05) is 20.8 Å². The molecule has 108 valence electrons. The molecule has 0 radical (unpaired) electrons. The second-order valence-corrected chi connectivity index (χ2v) is 7.10. The van der Waals surface area contributed by atoms with E-state index in [4.69, 9.17) is 0 Å². The monoisotopic (exact) mass is 254 g/mol. The zero-order valence-electron chi connectivity index (χ0n) is 13.4. The predicted molar refractivity (Wildman–Crippen MR) is 81.0 cm³/mol. The fourth-order valence-corrected chi connectivity index (χ4v) is 3.26. The third-order valence-corrected chi connectivity index (χ3v) is 4.83. The molecule has 2 atom stereocenters. The minimum absolute atomic E-state index is 0.581. The SMILES string of the molecule is CCNC(C)CC(C)N(C)C1CCC(C)(C)CC1. The Morgan fingerprint density at radius 2 is 1.78 bits per heavy atom. The summed E-state index contributed by atoms with van der Waals surface area (Å²) in [5.41, 5.74) is 0.581. The van der Waals surface area contributed by atoms with Crippen molar-refractivity contribution in [2.45, 2.75) is 84.8 Å². The smallest absolute Gasteiger partial charge is 0.00954 e. The molecule has 0 bridgehead atoms. The van der Waals surface area contributed by atoms with E-state index in [9.17, 15) is 0 Å². The zero-order chi connectivity index (χ0) is 13.8. The summed E-state index contributed by atoms with van der Waals surface area (Å²) in [4.78, 5) is 2.63. The highest BCUT2D eigenvalue weighted by molar-refractivity contribution is 4.85. The second-order valence-electron chi connectivity index (χ2n) is 7.10. The molecule has 0 aromatic heterocycles. The van der Waals surface area contributed by atoms with Crippen molar-refractivity contribution in [3.63, 3.8) is 0 Å². The van der Waals surface area contributed by atoms with E-state index in [2.05, 4.69) is 51.9 Å². The molecule has 0 aliphatic heterocycles. The molecule has 0 aromatic rings. The Labute approximate surface area is 115 Å². The van der Waals surface area contributed by atoms with Crippen LogP contribution in [0.3, 0.4) is 0 Å². The molecule has 18 heavy (non-hydrogen) atoms. The normalized spacial score (nSPS) is 24.2. The Hall–Kier alpha value is -0.0800. The first kappa shape index (κ1) is 16.0. The molecular weight excluding hydrogens is 220 g/mol. The molecule has 0 spiro atoms. The van der Waals surface area contributed by atoms with Gasteiger partial charge in [-0.25, -0.2) is 0 Å². The highest BCUT2D eigenvalue weighted by Crippen LogP contribution is 2.37. The van der Waals surface area contributed by atoms with E-state index >= 15 is 0 Å². The maximum Gasteiger partial charge on any atom is 0.00954 e. The third-order valence-electron chi connectivity index (χ3n) is 4.83. The van der Waals surface area contributed by atoms with Crippen LogP contribution in [0.25, 0.3) is 0 Å². The highest BCUT2D eigenvalue weighted by atomic mass is 15.2. The van der Waals surface area contributed by atoms with Crippen molar-refractivity contribution in [3.8, 4) is 0 Å². The Kier molecular flexibility index (Phi) is 6.13. The Morgan fingerprint density at radius 1 is 1.22 bits per heavy atom. The van der Waals surface area contributed by atoms with Crippen molar-refractivity contribution < 1.29 is 0 Å². The van der Waals surface area contributed by atoms with Gasteiger partial charge in [0.05, 0.1) is 0 Å². The van der Waals surface area contributed by atoms with Gasteiger partial charge in [0.15, 0.2) is 0 Å². The first-order valence-electron chi connectivity index (χ1n) is 7.81. The van der Waals surface area contributed by atoms with Crippen molar-refractivity contribution in [1.29, 1.82) is 0 Å². The molecule has 0 saturated heterocycles. The van der Waals surface area contributed by atoms with Crippen LogP contribution in [0.4, 0.5) is 0 Å². The van der Waals surface area contributed by atoms with Crippen LogP contribution in [-0.4, -0.2) is 36.6 Å². The molecule has 0 aromatic carbocycles. The van der Waals surface area contributed by atoms with Crippen LogP contribution in [0.1, 0.15) is 66.7 Å². The van der Waals surface area contributed by atoms with Crippen molar-refractivity contribution in [2.24, 2.45) is 5.41 Å². The minimum Gasteiger partial charge on any atom is -0.314 e. The lowest BCUT2D eigenvalue weighted by atomic mass is 9.75. The minimum atomic E-state index is 0.581. The van der Waals surface area contributed by atoms with Crippen molar-refractivity contribution in [2.75, 3.05) is 13.6 Å². The fraction of sp³-hybridized carbons (Fsp3) is 1.00. The number of nitrogens with one attached hydrogen (secondary N) is 1. The summed E-state index contributed by atoms with van der Waals surface area (Å²) in [6, 6.07) is 2.12. The van der Waals surface area contributed by atoms with Gasteiger partial charge < -0.3 is 10.2 Å². The van der Waals surface area contributed by atoms with Crippen LogP contribution < -0.4 is 5.32 Å². The van der Waals surface area contributed by atoms with E-state index in [0.29, 0.717) is 17.5 Å². The molecule has 1 aliphatic rings. The standard InChI is InChI=1S/C16H34N2/c1-7-17-13(2)12-14(3)18(6)15-8-10-16(4,5)11-9-15/h13-15,17H,7-12H2,1-6H3. The molecule has 0 amide bonds. The molecule has 1 saturated carbocycles. The summed E-state index contributed by atoms with van der Waals surface area (Å²) in [6.45, 7) is 12.8. The summed E-state index contributed by atoms with van der Waals surface area (Å²) in [5, 5.41) is 3.52. The van der Waals surface area contributed by atoms with Crippen molar-refractivity contribution >= 4 is 0 Å². The Morgan fingerprint density at radius 3 is 2.28 bits per heavy atom. The Balaban J connectivity index is 2.37. The van der Waals surface area contributed by atoms with Crippen LogP contribution in [0, 0.1) is 5.41 Å². The van der Waals surface area contributed by atoms with Gasteiger partial charge in [0, 0.05) is 18.1 Å². The van der Waals surface area contributed by atoms with Gasteiger partial charge in [0.25, 0.3) is 0 Å². The third kappa shape index (κ3) is 4.89. The van der Waals surface area contributed by atoms with Crippen molar-refractivity contribution in [3.05, 3.63) is 0 Å². The highest BCUT2D eigenvalue weighted by Gasteiger charge is 2.30. The van der Waals surface area contributed by atoms with E-state index in [1.54, 1.807) is 0 Å². The van der Waals surface area contributed by atoms with Gasteiger partial charge in [0.1, 0.15) is 0 Å². The summed E-state index contributed by atoms with van der Waals surface area (Å²) in [7, 11) is 2.33. The second kappa shape index (κ2) is 6.91. The number of nitrogens with zero attached hydrogens (tertiary/aromatic N) is 1. The maximum absolute atomic E-state index is 3.52. The van der Waals surface area contributed by atoms with E-state index in [1.807, 2.05) is 0 Å². The predicted octanol–water partition coefficient (Wildman–Crippen LogP) is 3.66. The maximum atomic E-state index is 3.52. The topological polar surface area (TPSA) is 15.3 Å². The number of hydrogen-bond donors (Lipinski definition) is 1. The average Bonchev–Trinajstić information content (AvgIpc) is 2.28. The molecule has 1 N–H and O–H groups in total. The van der Waals surface area contributed by atoms with Gasteiger partial charge in [-0.15, -0.1) is 0 Å². The van der Waals surface area contributed by atoms with Crippen LogP contribution in [-0.2, 0) is 0 Å². The summed E-state index contributed by atoms with van der Waals surface area (Å²) < 4.78 is 0. The molecule has 0 heterocycles. The summed E-state index contributed by atoms with van der Waals surface area (Å²) in [6.07, 6.45) is 6.78. The first-order chi connectivity index (χ1) is 8.35. The van der Waals surface area contributed by atoms with Gasteiger partial charge >= 0.3 is 0 Å². The lowest BCUT2D eigenvalue weighted by Crippen LogP contribution is -2.44. The molecule has 1 rings (SSSR count). The fourth-order valence-electron chi connectivity index (χ4n) is 3.26. The van der Waals surface area contributed by atoms with Gasteiger partial charge in [-0.3, -0.25) is 0 Å². The van der Waals surface area contributed by atoms with Gasteiger partial charge in [-0.2, -0.15) is 0 Å². The molecule has 1 aliphatic carbocycles. The lowest BCUT2D eigenvalue weighted by molar-refractivity contribution is 0.0935. The van der Waals surface area contributed by atoms with Crippen LogP contribution in [0.15, 0.2) is 0 Å². The van der Waals surface area contributed by atoms with Crippen LogP contribution >= 0.6 is 0 Å². The molecule has 2 nitrogen and oxygen atoms in total. The average molecular weight is 254 g/mol. The molecule has 2 unspecified atom stereocenters. The Bertz CT molecular complexity index is 227. The van der Waals surface area contributed by atoms with Gasteiger partial charge in [-0.05, 0) is 65.0 Å². The largest absolute Gasteiger partial charge is 0.314 e. The van der Waals surface area contributed by atoms with E-state index < -0.39 is 0 Å².